The molecule has 0 aliphatic rings. The van der Waals surface area contributed by atoms with E-state index in [1.807, 2.05) is 32.3 Å². The Kier molecular flexibility index (Phi) is 7.29. The highest BCUT2D eigenvalue weighted by Crippen LogP contribution is 2.31. The Hall–Kier alpha value is -1.67. The highest BCUT2D eigenvalue weighted by molar-refractivity contribution is 9.10. The highest BCUT2D eigenvalue weighted by Gasteiger charge is 2.20. The number of hydrogen-bond acceptors (Lipinski definition) is 5. The molecule has 0 bridgehead atoms. The second kappa shape index (κ2) is 9.69. The van der Waals surface area contributed by atoms with E-state index in [1.54, 1.807) is 29.2 Å². The third-order valence-electron chi connectivity index (χ3n) is 4.03. The molecule has 3 aromatic rings. The van der Waals surface area contributed by atoms with Gasteiger partial charge in [-0.1, -0.05) is 38.9 Å². The van der Waals surface area contributed by atoms with Crippen molar-refractivity contribution in [1.82, 2.24) is 9.88 Å². The number of carbonyl (C=O) groups excluding carboxylic acids is 1. The van der Waals surface area contributed by atoms with Crippen molar-refractivity contribution in [2.24, 2.45) is 0 Å². The number of halogens is 2. The van der Waals surface area contributed by atoms with Crippen LogP contribution in [0, 0.1) is 0 Å². The molecule has 2 aromatic carbocycles. The predicted octanol–water partition coefficient (Wildman–Crippen LogP) is 5.08. The minimum atomic E-state index is -0.119. The molecule has 8 heteroatoms. The highest BCUT2D eigenvalue weighted by atomic mass is 79.9. The summed E-state index contributed by atoms with van der Waals surface area (Å²) in [6.45, 7) is 1.42. The Morgan fingerprint density at radius 2 is 1.93 bits per heavy atom. The maximum atomic E-state index is 12.9. The van der Waals surface area contributed by atoms with Gasteiger partial charge in [0.1, 0.15) is 5.75 Å². The Morgan fingerprint density at radius 1 is 1.18 bits per heavy atom. The molecule has 0 fully saturated rings. The third-order valence-corrected chi connectivity index (χ3v) is 5.82. The van der Waals surface area contributed by atoms with Crippen molar-refractivity contribution in [3.63, 3.8) is 0 Å². The fourth-order valence-corrected chi connectivity index (χ4v) is 4.31. The average molecular weight is 483 g/mol. The largest absolute Gasteiger partial charge is 0.484 e. The third kappa shape index (κ3) is 5.67. The van der Waals surface area contributed by atoms with Gasteiger partial charge in [-0.2, -0.15) is 0 Å². The minimum absolute atomic E-state index is 0.0524. The number of hydrogen-bond donors (Lipinski definition) is 0. The van der Waals surface area contributed by atoms with Gasteiger partial charge in [-0.25, -0.2) is 4.98 Å². The Labute approximate surface area is 182 Å². The van der Waals surface area contributed by atoms with Crippen molar-refractivity contribution in [1.29, 1.82) is 0 Å². The summed E-state index contributed by atoms with van der Waals surface area (Å²) in [6.07, 6.45) is 0.847. The van der Waals surface area contributed by atoms with Gasteiger partial charge >= 0.3 is 0 Å². The molecule has 3 rings (SSSR count). The van der Waals surface area contributed by atoms with Crippen molar-refractivity contribution in [2.75, 3.05) is 38.7 Å². The first-order chi connectivity index (χ1) is 13.4. The normalized spacial score (nSPS) is 11.2. The van der Waals surface area contributed by atoms with Crippen LogP contribution in [-0.2, 0) is 4.79 Å². The molecule has 1 heterocycles. The molecule has 0 aliphatic carbocycles. The fourth-order valence-electron chi connectivity index (χ4n) is 2.63. The topological polar surface area (TPSA) is 45.7 Å². The molecule has 0 saturated heterocycles. The maximum absolute atomic E-state index is 12.9. The van der Waals surface area contributed by atoms with Crippen LogP contribution in [0.5, 0.6) is 5.75 Å². The lowest BCUT2D eigenvalue weighted by molar-refractivity contribution is -0.120. The number of benzene rings is 2. The monoisotopic (exact) mass is 481 g/mol. The van der Waals surface area contributed by atoms with Gasteiger partial charge in [0.15, 0.2) is 11.7 Å². The zero-order chi connectivity index (χ0) is 20.1. The standard InChI is InChI=1S/C20H21BrClN3O2S/c1-24(2)10-3-11-25(19(26)13-27-16-7-5-15(22)6-8-16)20-23-17-9-4-14(21)12-18(17)28-20/h4-9,12H,3,10-11,13H2,1-2H3. The summed E-state index contributed by atoms with van der Waals surface area (Å²) in [5.41, 5.74) is 0.882. The van der Waals surface area contributed by atoms with E-state index >= 15 is 0 Å². The van der Waals surface area contributed by atoms with Gasteiger partial charge in [0.25, 0.3) is 5.91 Å². The number of amides is 1. The Bertz CT molecular complexity index is 946. The molecule has 0 atom stereocenters. The van der Waals surface area contributed by atoms with Crippen LogP contribution in [0.1, 0.15) is 6.42 Å². The van der Waals surface area contributed by atoms with E-state index in [0.29, 0.717) is 22.4 Å². The van der Waals surface area contributed by atoms with Gasteiger partial charge in [-0.05, 0) is 69.5 Å². The summed E-state index contributed by atoms with van der Waals surface area (Å²) < 4.78 is 7.68. The van der Waals surface area contributed by atoms with Crippen molar-refractivity contribution in [2.45, 2.75) is 6.42 Å². The van der Waals surface area contributed by atoms with Crippen LogP contribution in [0.4, 0.5) is 5.13 Å². The molecule has 148 valence electrons. The summed E-state index contributed by atoms with van der Waals surface area (Å²) in [6, 6.07) is 12.9. The van der Waals surface area contributed by atoms with E-state index in [0.717, 1.165) is 27.7 Å². The van der Waals surface area contributed by atoms with Gasteiger partial charge < -0.3 is 9.64 Å². The van der Waals surface area contributed by atoms with E-state index < -0.39 is 0 Å². The van der Waals surface area contributed by atoms with Crippen LogP contribution in [-0.4, -0.2) is 49.6 Å². The molecular formula is C20H21BrClN3O2S. The molecule has 0 N–H and O–H groups in total. The lowest BCUT2D eigenvalue weighted by Crippen LogP contribution is -2.36. The van der Waals surface area contributed by atoms with Gasteiger partial charge in [-0.15, -0.1) is 0 Å². The van der Waals surface area contributed by atoms with Gasteiger partial charge in [-0.3, -0.25) is 9.69 Å². The van der Waals surface area contributed by atoms with Crippen molar-refractivity contribution >= 4 is 60.1 Å². The molecule has 0 unspecified atom stereocenters. The number of ether oxygens (including phenoxy) is 1. The molecule has 1 aromatic heterocycles. The summed E-state index contributed by atoms with van der Waals surface area (Å²) in [4.78, 5) is 21.4. The predicted molar refractivity (Wildman–Crippen MR) is 120 cm³/mol. The molecule has 0 spiro atoms. The smallest absolute Gasteiger partial charge is 0.266 e. The summed E-state index contributed by atoms with van der Waals surface area (Å²) in [5, 5.41) is 1.32. The second-order valence-corrected chi connectivity index (χ2v) is 8.91. The number of nitrogens with zero attached hydrogens (tertiary/aromatic N) is 3. The number of anilines is 1. The lowest BCUT2D eigenvalue weighted by atomic mass is 10.3. The van der Waals surface area contributed by atoms with Crippen molar-refractivity contribution < 1.29 is 9.53 Å². The molecular weight excluding hydrogens is 462 g/mol. The lowest BCUT2D eigenvalue weighted by Gasteiger charge is -2.21. The van der Waals surface area contributed by atoms with Crippen LogP contribution in [0.15, 0.2) is 46.9 Å². The van der Waals surface area contributed by atoms with E-state index in [9.17, 15) is 4.79 Å². The first-order valence-corrected chi connectivity index (χ1v) is 10.8. The molecule has 0 saturated carbocycles. The quantitative estimate of drug-likeness (QED) is 0.449. The summed E-state index contributed by atoms with van der Waals surface area (Å²) in [5.74, 6) is 0.492. The first kappa shape index (κ1) is 21.0. The van der Waals surface area contributed by atoms with Gasteiger partial charge in [0, 0.05) is 16.0 Å². The molecule has 0 aliphatic heterocycles. The van der Waals surface area contributed by atoms with E-state index in [4.69, 9.17) is 16.3 Å². The maximum Gasteiger partial charge on any atom is 0.266 e. The molecule has 0 radical (unpaired) electrons. The van der Waals surface area contributed by atoms with Crippen molar-refractivity contribution in [3.05, 3.63) is 52.0 Å². The number of aromatic nitrogens is 1. The second-order valence-electron chi connectivity index (χ2n) is 6.55. The SMILES string of the molecule is CN(C)CCCN(C(=O)COc1ccc(Cl)cc1)c1nc2ccc(Br)cc2s1. The number of fused-ring (bicyclic) bond motifs is 1. The van der Waals surface area contributed by atoms with Crippen molar-refractivity contribution in [3.8, 4) is 5.75 Å². The van der Waals surface area contributed by atoms with Crippen LogP contribution < -0.4 is 9.64 Å². The first-order valence-electron chi connectivity index (χ1n) is 8.82. The van der Waals surface area contributed by atoms with E-state index in [2.05, 4.69) is 25.8 Å². The molecule has 28 heavy (non-hydrogen) atoms. The number of thiazole rings is 1. The Balaban J connectivity index is 1.76. The minimum Gasteiger partial charge on any atom is -0.484 e. The van der Waals surface area contributed by atoms with E-state index in [1.165, 1.54) is 11.3 Å². The van der Waals surface area contributed by atoms with Crippen LogP contribution >= 0.6 is 38.9 Å². The zero-order valence-corrected chi connectivity index (χ0v) is 18.9. The average Bonchev–Trinajstić information content (AvgIpc) is 3.07. The van der Waals surface area contributed by atoms with Crippen LogP contribution in [0.2, 0.25) is 5.02 Å². The van der Waals surface area contributed by atoms with Gasteiger partial charge in [0.2, 0.25) is 0 Å². The summed E-state index contributed by atoms with van der Waals surface area (Å²) in [7, 11) is 4.04. The van der Waals surface area contributed by atoms with Crippen LogP contribution in [0.25, 0.3) is 10.2 Å². The molecule has 1 amide bonds. The van der Waals surface area contributed by atoms with Gasteiger partial charge in [0.05, 0.1) is 10.2 Å². The Morgan fingerprint density at radius 3 is 2.64 bits per heavy atom. The summed E-state index contributed by atoms with van der Waals surface area (Å²) >= 11 is 10.9. The number of rotatable bonds is 8. The zero-order valence-electron chi connectivity index (χ0n) is 15.7. The van der Waals surface area contributed by atoms with E-state index in [-0.39, 0.29) is 12.5 Å². The number of carbonyl (C=O) groups is 1. The van der Waals surface area contributed by atoms with Crippen LogP contribution in [0.3, 0.4) is 0 Å². The fraction of sp³-hybridized carbons (Fsp3) is 0.300. The molecule has 5 nitrogen and oxygen atoms in total.